The zero-order valence-corrected chi connectivity index (χ0v) is 13.9. The molecule has 0 bridgehead atoms. The first kappa shape index (κ1) is 18.9. The van der Waals surface area contributed by atoms with E-state index in [-0.39, 0.29) is 13.2 Å². The molecule has 0 aliphatic heterocycles. The number of hydrogen-bond donors (Lipinski definition) is 3. The number of carboxylic acid groups (broad SMARTS) is 1. The molecule has 0 saturated heterocycles. The lowest BCUT2D eigenvalue weighted by atomic mass is 10.1. The summed E-state index contributed by atoms with van der Waals surface area (Å²) in [5.74, 6) is -0.320. The molecule has 0 aromatic heterocycles. The molecule has 0 spiro atoms. The summed E-state index contributed by atoms with van der Waals surface area (Å²) in [5, 5.41) is 22.1. The zero-order chi connectivity index (χ0) is 17.9. The fourth-order valence-electron chi connectivity index (χ4n) is 2.22. The van der Waals surface area contributed by atoms with Crippen LogP contribution in [-0.2, 0) is 9.53 Å². The number of hydrogen-bond acceptors (Lipinski definition) is 5. The maximum Gasteiger partial charge on any atom is 0.337 e. The molecule has 6 nitrogen and oxygen atoms in total. The molecule has 2 aromatic rings. The highest BCUT2D eigenvalue weighted by atomic mass is 16.5. The summed E-state index contributed by atoms with van der Waals surface area (Å²) in [5.41, 5.74) is 0.603. The number of nitrogens with one attached hydrogen (secondary N) is 1. The van der Waals surface area contributed by atoms with Gasteiger partial charge in [0, 0.05) is 13.1 Å². The topological polar surface area (TPSA) is 88.0 Å². The molecule has 0 aliphatic carbocycles. The van der Waals surface area contributed by atoms with Crippen molar-refractivity contribution < 1.29 is 24.5 Å². The van der Waals surface area contributed by atoms with E-state index in [1.807, 2.05) is 36.4 Å². The van der Waals surface area contributed by atoms with E-state index in [1.165, 1.54) is 0 Å². The van der Waals surface area contributed by atoms with Crippen LogP contribution in [0.3, 0.4) is 0 Å². The lowest BCUT2D eigenvalue weighted by Crippen LogP contribution is -2.33. The number of aliphatic hydroxyl groups excluding tert-OH is 1. The van der Waals surface area contributed by atoms with Gasteiger partial charge in [0.15, 0.2) is 6.10 Å². The Labute approximate surface area is 147 Å². The second kappa shape index (κ2) is 10.5. The highest BCUT2D eigenvalue weighted by Crippen LogP contribution is 2.16. The first-order valence-electron chi connectivity index (χ1n) is 8.13. The summed E-state index contributed by atoms with van der Waals surface area (Å²) in [6, 6.07) is 18.1. The van der Waals surface area contributed by atoms with Crippen molar-refractivity contribution in [3.63, 3.8) is 0 Å². The zero-order valence-electron chi connectivity index (χ0n) is 13.9. The molecule has 25 heavy (non-hydrogen) atoms. The van der Waals surface area contributed by atoms with Crippen LogP contribution in [0.4, 0.5) is 0 Å². The van der Waals surface area contributed by atoms with Crippen LogP contribution in [0.15, 0.2) is 60.7 Å². The summed E-state index contributed by atoms with van der Waals surface area (Å²) in [6.07, 6.45) is -1.65. The molecule has 134 valence electrons. The molecule has 0 radical (unpaired) electrons. The molecular formula is C19H23NO5. The van der Waals surface area contributed by atoms with Crippen molar-refractivity contribution in [2.75, 3.05) is 26.3 Å². The number of ether oxygens (including phenoxy) is 2. The molecule has 3 N–H and O–H groups in total. The molecule has 0 saturated carbocycles. The van der Waals surface area contributed by atoms with Crippen LogP contribution in [-0.4, -0.2) is 48.6 Å². The van der Waals surface area contributed by atoms with E-state index >= 15 is 0 Å². The number of carboxylic acids is 1. The van der Waals surface area contributed by atoms with Crippen LogP contribution in [0, 0.1) is 0 Å². The summed E-state index contributed by atoms with van der Waals surface area (Å²) in [4.78, 5) is 11.3. The van der Waals surface area contributed by atoms with Crippen molar-refractivity contribution in [2.24, 2.45) is 0 Å². The monoisotopic (exact) mass is 345 g/mol. The molecular weight excluding hydrogens is 322 g/mol. The Balaban J connectivity index is 1.62. The molecule has 2 unspecified atom stereocenters. The van der Waals surface area contributed by atoms with Gasteiger partial charge in [-0.1, -0.05) is 48.5 Å². The van der Waals surface area contributed by atoms with Crippen LogP contribution in [0.5, 0.6) is 5.75 Å². The van der Waals surface area contributed by atoms with Gasteiger partial charge < -0.3 is 25.0 Å². The summed E-state index contributed by atoms with van der Waals surface area (Å²) in [7, 11) is 0. The lowest BCUT2D eigenvalue weighted by Gasteiger charge is -2.16. The number of benzene rings is 2. The Morgan fingerprint density at radius 2 is 1.68 bits per heavy atom. The number of aliphatic hydroxyl groups is 1. The standard InChI is InChI=1S/C19H23NO5/c21-16(14-25-17-9-5-2-6-10-17)13-20-11-12-24-18(19(22)23)15-7-3-1-4-8-15/h1-10,16,18,20-21H,11-14H2,(H,22,23). The normalized spacial score (nSPS) is 13.2. The summed E-state index contributed by atoms with van der Waals surface area (Å²) in [6.45, 7) is 1.16. The fraction of sp³-hybridized carbons (Fsp3) is 0.316. The Kier molecular flexibility index (Phi) is 7.91. The second-order valence-corrected chi connectivity index (χ2v) is 5.48. The smallest absolute Gasteiger partial charge is 0.337 e. The van der Waals surface area contributed by atoms with E-state index < -0.39 is 18.2 Å². The van der Waals surface area contributed by atoms with E-state index in [2.05, 4.69) is 5.32 Å². The molecule has 0 heterocycles. The minimum absolute atomic E-state index is 0.180. The van der Waals surface area contributed by atoms with Crippen molar-refractivity contribution in [3.05, 3.63) is 66.2 Å². The van der Waals surface area contributed by atoms with Crippen molar-refractivity contribution >= 4 is 5.97 Å². The second-order valence-electron chi connectivity index (χ2n) is 5.48. The van der Waals surface area contributed by atoms with Gasteiger partial charge >= 0.3 is 5.97 Å². The van der Waals surface area contributed by atoms with Gasteiger partial charge in [-0.25, -0.2) is 4.79 Å². The van der Waals surface area contributed by atoms with Crippen LogP contribution in [0.1, 0.15) is 11.7 Å². The van der Waals surface area contributed by atoms with Gasteiger partial charge in [-0.2, -0.15) is 0 Å². The first-order chi connectivity index (χ1) is 12.2. The van der Waals surface area contributed by atoms with Crippen molar-refractivity contribution in [1.82, 2.24) is 5.32 Å². The highest BCUT2D eigenvalue weighted by molar-refractivity contribution is 5.74. The van der Waals surface area contributed by atoms with Gasteiger partial charge in [-0.05, 0) is 17.7 Å². The Morgan fingerprint density at radius 1 is 1.04 bits per heavy atom. The van der Waals surface area contributed by atoms with Gasteiger partial charge in [0.2, 0.25) is 0 Å². The van der Waals surface area contributed by atoms with Gasteiger partial charge in [-0.3, -0.25) is 0 Å². The number of rotatable bonds is 11. The highest BCUT2D eigenvalue weighted by Gasteiger charge is 2.19. The number of para-hydroxylation sites is 1. The minimum atomic E-state index is -1.03. The summed E-state index contributed by atoms with van der Waals surface area (Å²) < 4.78 is 10.9. The van der Waals surface area contributed by atoms with Crippen LogP contribution >= 0.6 is 0 Å². The van der Waals surface area contributed by atoms with Gasteiger partial charge in [0.25, 0.3) is 0 Å². The SMILES string of the molecule is O=C(O)C(OCCNCC(O)COc1ccccc1)c1ccccc1. The van der Waals surface area contributed by atoms with Gasteiger partial charge in [-0.15, -0.1) is 0 Å². The number of carbonyl (C=O) groups is 1. The molecule has 6 heteroatoms. The van der Waals surface area contributed by atoms with Crippen molar-refractivity contribution in [1.29, 1.82) is 0 Å². The fourth-order valence-corrected chi connectivity index (χ4v) is 2.22. The maximum absolute atomic E-state index is 11.3. The van der Waals surface area contributed by atoms with Crippen LogP contribution < -0.4 is 10.1 Å². The average Bonchev–Trinajstić information content (AvgIpc) is 2.64. The molecule has 2 rings (SSSR count). The van der Waals surface area contributed by atoms with E-state index in [0.29, 0.717) is 24.4 Å². The Hall–Kier alpha value is -2.41. The predicted octanol–water partition coefficient (Wildman–Crippen LogP) is 1.86. The molecule has 2 aromatic carbocycles. The summed E-state index contributed by atoms with van der Waals surface area (Å²) >= 11 is 0. The van der Waals surface area contributed by atoms with E-state index in [0.717, 1.165) is 0 Å². The van der Waals surface area contributed by atoms with E-state index in [9.17, 15) is 15.0 Å². The average molecular weight is 345 g/mol. The van der Waals surface area contributed by atoms with Crippen LogP contribution in [0.2, 0.25) is 0 Å². The van der Waals surface area contributed by atoms with Gasteiger partial charge in [0.1, 0.15) is 18.5 Å². The van der Waals surface area contributed by atoms with Crippen molar-refractivity contribution in [2.45, 2.75) is 12.2 Å². The maximum atomic E-state index is 11.3. The van der Waals surface area contributed by atoms with Crippen LogP contribution in [0.25, 0.3) is 0 Å². The van der Waals surface area contributed by atoms with Crippen molar-refractivity contribution in [3.8, 4) is 5.75 Å². The third kappa shape index (κ3) is 6.93. The quantitative estimate of drug-likeness (QED) is 0.539. The lowest BCUT2D eigenvalue weighted by molar-refractivity contribution is -0.150. The molecule has 0 amide bonds. The van der Waals surface area contributed by atoms with E-state index in [1.54, 1.807) is 24.3 Å². The first-order valence-corrected chi connectivity index (χ1v) is 8.13. The third-order valence-electron chi connectivity index (χ3n) is 3.46. The molecule has 2 atom stereocenters. The molecule has 0 aliphatic rings. The number of aliphatic carboxylic acids is 1. The Bertz CT molecular complexity index is 620. The molecule has 0 fully saturated rings. The Morgan fingerprint density at radius 3 is 2.32 bits per heavy atom. The van der Waals surface area contributed by atoms with Gasteiger partial charge in [0.05, 0.1) is 6.61 Å². The minimum Gasteiger partial charge on any atom is -0.491 e. The predicted molar refractivity (Wildman–Crippen MR) is 93.6 cm³/mol. The van der Waals surface area contributed by atoms with E-state index in [4.69, 9.17) is 9.47 Å². The largest absolute Gasteiger partial charge is 0.491 e. The third-order valence-corrected chi connectivity index (χ3v) is 3.46.